The maximum atomic E-state index is 13.4. The average Bonchev–Trinajstić information content (AvgIpc) is 2.61. The molecule has 0 aliphatic carbocycles. The van der Waals surface area contributed by atoms with Crippen LogP contribution >= 0.6 is 0 Å². The van der Waals surface area contributed by atoms with Crippen LogP contribution in [0.1, 0.15) is 49.3 Å². The van der Waals surface area contributed by atoms with Crippen molar-refractivity contribution in [2.24, 2.45) is 0 Å². The maximum absolute atomic E-state index is 13.4. The zero-order chi connectivity index (χ0) is 17.7. The molecule has 1 fully saturated rings. The summed E-state index contributed by atoms with van der Waals surface area (Å²) in [5.74, 6) is 0.327. The van der Waals surface area contributed by atoms with E-state index in [4.69, 9.17) is 5.73 Å². The van der Waals surface area contributed by atoms with Crippen molar-refractivity contribution in [3.8, 4) is 0 Å². The number of hydrogen-bond acceptors (Lipinski definition) is 2. The van der Waals surface area contributed by atoms with E-state index in [2.05, 4.69) is 30.9 Å². The predicted octanol–water partition coefficient (Wildman–Crippen LogP) is 5.43. The van der Waals surface area contributed by atoms with E-state index in [0.29, 0.717) is 5.92 Å². The van der Waals surface area contributed by atoms with E-state index in [-0.39, 0.29) is 5.82 Å². The number of aryl methyl sites for hydroxylation is 2. The summed E-state index contributed by atoms with van der Waals surface area (Å²) in [5.41, 5.74) is 11.6. The lowest BCUT2D eigenvalue weighted by Crippen LogP contribution is -2.33. The monoisotopic (exact) mass is 328 g/mol. The molecule has 3 heteroatoms. The van der Waals surface area contributed by atoms with E-state index < -0.39 is 0 Å². The summed E-state index contributed by atoms with van der Waals surface area (Å²) >= 11 is 0. The SMILES string of the molecule is CC.Cc1cc(N2CCC(c3cccc(F)c3)CC2)cc(C)c1N. The molecule has 0 spiro atoms. The Labute approximate surface area is 145 Å². The zero-order valence-electron chi connectivity index (χ0n) is 15.3. The van der Waals surface area contributed by atoms with Gasteiger partial charge in [0.2, 0.25) is 0 Å². The molecule has 0 unspecified atom stereocenters. The van der Waals surface area contributed by atoms with Gasteiger partial charge in [0.15, 0.2) is 0 Å². The summed E-state index contributed by atoms with van der Waals surface area (Å²) in [6, 6.07) is 11.4. The van der Waals surface area contributed by atoms with Gasteiger partial charge >= 0.3 is 0 Å². The largest absolute Gasteiger partial charge is 0.398 e. The van der Waals surface area contributed by atoms with Crippen molar-refractivity contribution in [2.75, 3.05) is 23.7 Å². The molecular weight excluding hydrogens is 299 g/mol. The van der Waals surface area contributed by atoms with Crippen LogP contribution in [0.4, 0.5) is 15.8 Å². The van der Waals surface area contributed by atoms with Crippen LogP contribution in [0.15, 0.2) is 36.4 Å². The number of nitrogen functional groups attached to an aromatic ring is 1. The van der Waals surface area contributed by atoms with Crippen LogP contribution in [0, 0.1) is 19.7 Å². The number of piperidine rings is 1. The van der Waals surface area contributed by atoms with E-state index in [1.165, 1.54) is 11.8 Å². The number of anilines is 2. The molecule has 2 aromatic carbocycles. The van der Waals surface area contributed by atoms with E-state index in [1.807, 2.05) is 26.0 Å². The van der Waals surface area contributed by atoms with Gasteiger partial charge < -0.3 is 10.6 Å². The molecule has 0 atom stereocenters. The third kappa shape index (κ3) is 4.08. The van der Waals surface area contributed by atoms with E-state index in [0.717, 1.165) is 48.3 Å². The highest BCUT2D eigenvalue weighted by molar-refractivity contribution is 5.63. The van der Waals surface area contributed by atoms with Gasteiger partial charge in [-0.15, -0.1) is 0 Å². The lowest BCUT2D eigenvalue weighted by molar-refractivity contribution is 0.502. The Morgan fingerprint density at radius 2 is 1.58 bits per heavy atom. The first-order valence-electron chi connectivity index (χ1n) is 8.91. The Balaban J connectivity index is 0.00000100. The summed E-state index contributed by atoms with van der Waals surface area (Å²) in [4.78, 5) is 2.41. The van der Waals surface area contributed by atoms with Crippen molar-refractivity contribution in [1.82, 2.24) is 0 Å². The second kappa shape index (κ2) is 8.18. The van der Waals surface area contributed by atoms with E-state index in [1.54, 1.807) is 6.07 Å². The number of halogens is 1. The lowest BCUT2D eigenvalue weighted by Gasteiger charge is -2.34. The quantitative estimate of drug-likeness (QED) is 0.744. The molecule has 1 aliphatic heterocycles. The molecule has 2 N–H and O–H groups in total. The summed E-state index contributed by atoms with van der Waals surface area (Å²) < 4.78 is 13.4. The number of benzene rings is 2. The Hall–Kier alpha value is -2.03. The van der Waals surface area contributed by atoms with Crippen LogP contribution in [0.25, 0.3) is 0 Å². The molecule has 0 saturated carbocycles. The van der Waals surface area contributed by atoms with Crippen LogP contribution in [-0.4, -0.2) is 13.1 Å². The molecule has 1 aliphatic rings. The van der Waals surface area contributed by atoms with Crippen molar-refractivity contribution < 1.29 is 4.39 Å². The summed E-state index contributed by atoms with van der Waals surface area (Å²) in [5, 5.41) is 0. The normalized spacial score (nSPS) is 15.0. The Morgan fingerprint density at radius 3 is 2.12 bits per heavy atom. The van der Waals surface area contributed by atoms with Gasteiger partial charge in [0.1, 0.15) is 5.82 Å². The molecule has 2 aromatic rings. The Bertz CT molecular complexity index is 650. The fourth-order valence-electron chi connectivity index (χ4n) is 3.37. The van der Waals surface area contributed by atoms with Gasteiger partial charge in [-0.2, -0.15) is 0 Å². The standard InChI is InChI=1S/C19H23FN2.C2H6/c1-13-10-18(11-14(2)19(13)21)22-8-6-15(7-9-22)16-4-3-5-17(20)12-16;1-2/h3-5,10-12,15H,6-9,21H2,1-2H3;1-2H3. The van der Waals surface area contributed by atoms with Crippen molar-refractivity contribution in [2.45, 2.75) is 46.5 Å². The third-order valence-corrected chi connectivity index (χ3v) is 4.76. The van der Waals surface area contributed by atoms with Crippen molar-refractivity contribution in [1.29, 1.82) is 0 Å². The Morgan fingerprint density at radius 1 is 1.00 bits per heavy atom. The molecule has 1 saturated heterocycles. The minimum Gasteiger partial charge on any atom is -0.398 e. The van der Waals surface area contributed by atoms with Gasteiger partial charge in [0, 0.05) is 24.5 Å². The van der Waals surface area contributed by atoms with Gasteiger partial charge in [0.05, 0.1) is 0 Å². The topological polar surface area (TPSA) is 29.3 Å². The maximum Gasteiger partial charge on any atom is 0.123 e. The van der Waals surface area contributed by atoms with Crippen molar-refractivity contribution >= 4 is 11.4 Å². The number of nitrogens with zero attached hydrogens (tertiary/aromatic N) is 1. The third-order valence-electron chi connectivity index (χ3n) is 4.76. The molecule has 0 aromatic heterocycles. The van der Waals surface area contributed by atoms with Crippen LogP contribution < -0.4 is 10.6 Å². The summed E-state index contributed by atoms with van der Waals surface area (Å²) in [7, 11) is 0. The van der Waals surface area contributed by atoms with Crippen molar-refractivity contribution in [3.63, 3.8) is 0 Å². The first-order chi connectivity index (χ1) is 11.5. The molecule has 0 amide bonds. The fraction of sp³-hybridized carbons (Fsp3) is 0.429. The van der Waals surface area contributed by atoms with Gasteiger partial charge in [-0.1, -0.05) is 26.0 Å². The lowest BCUT2D eigenvalue weighted by atomic mass is 9.89. The molecule has 1 heterocycles. The van der Waals surface area contributed by atoms with Gasteiger partial charge in [0.25, 0.3) is 0 Å². The summed E-state index contributed by atoms with van der Waals surface area (Å²) in [6.45, 7) is 10.1. The molecule has 2 nitrogen and oxygen atoms in total. The first kappa shape index (κ1) is 18.3. The molecule has 3 rings (SSSR count). The van der Waals surface area contributed by atoms with Crippen molar-refractivity contribution in [3.05, 3.63) is 58.9 Å². The second-order valence-corrected chi connectivity index (χ2v) is 6.31. The highest BCUT2D eigenvalue weighted by Crippen LogP contribution is 2.32. The molecule has 0 bridgehead atoms. The van der Waals surface area contributed by atoms with Crippen LogP contribution in [0.5, 0.6) is 0 Å². The minimum absolute atomic E-state index is 0.135. The van der Waals surface area contributed by atoms with Gasteiger partial charge in [-0.25, -0.2) is 4.39 Å². The van der Waals surface area contributed by atoms with Gasteiger partial charge in [-0.3, -0.25) is 0 Å². The molecule has 0 radical (unpaired) electrons. The summed E-state index contributed by atoms with van der Waals surface area (Å²) in [6.07, 6.45) is 2.12. The number of nitrogens with two attached hydrogens (primary N) is 1. The average molecular weight is 328 g/mol. The highest BCUT2D eigenvalue weighted by atomic mass is 19.1. The smallest absolute Gasteiger partial charge is 0.123 e. The second-order valence-electron chi connectivity index (χ2n) is 6.31. The molecule has 24 heavy (non-hydrogen) atoms. The zero-order valence-corrected chi connectivity index (χ0v) is 15.3. The van der Waals surface area contributed by atoms with E-state index in [9.17, 15) is 4.39 Å². The van der Waals surface area contributed by atoms with Crippen LogP contribution in [0.2, 0.25) is 0 Å². The number of hydrogen-bond donors (Lipinski definition) is 1. The van der Waals surface area contributed by atoms with Crippen LogP contribution in [-0.2, 0) is 0 Å². The number of rotatable bonds is 2. The molecular formula is C21H29FN2. The Kier molecular flexibility index (Phi) is 6.24. The minimum atomic E-state index is -0.135. The first-order valence-corrected chi connectivity index (χ1v) is 8.91. The van der Waals surface area contributed by atoms with E-state index >= 15 is 0 Å². The fourth-order valence-corrected chi connectivity index (χ4v) is 3.37. The highest BCUT2D eigenvalue weighted by Gasteiger charge is 2.21. The molecule has 130 valence electrons. The van der Waals surface area contributed by atoms with Crippen LogP contribution in [0.3, 0.4) is 0 Å². The van der Waals surface area contributed by atoms with Gasteiger partial charge in [-0.05, 0) is 73.6 Å². The predicted molar refractivity (Wildman–Crippen MR) is 102 cm³/mol.